The van der Waals surface area contributed by atoms with Gasteiger partial charge in [0.05, 0.1) is 11.9 Å². The van der Waals surface area contributed by atoms with Crippen LogP contribution in [0.3, 0.4) is 0 Å². The highest BCUT2D eigenvalue weighted by Crippen LogP contribution is 2.22. The quantitative estimate of drug-likeness (QED) is 0.730. The zero-order valence-electron chi connectivity index (χ0n) is 9.09. The topological polar surface area (TPSA) is 83.6 Å². The molecule has 92 valence electrons. The Kier molecular flexibility index (Phi) is 5.43. The van der Waals surface area contributed by atoms with Crippen molar-refractivity contribution in [2.24, 2.45) is 5.73 Å². The van der Waals surface area contributed by atoms with Crippen LogP contribution in [0.15, 0.2) is 0 Å². The monoisotopic (exact) mass is 264 g/mol. The third-order valence-corrected chi connectivity index (χ3v) is 4.06. The first-order valence-electron chi connectivity index (χ1n) is 4.93. The van der Waals surface area contributed by atoms with Crippen LogP contribution < -0.4 is 5.73 Å². The number of rotatable bonds is 5. The van der Waals surface area contributed by atoms with Gasteiger partial charge in [-0.1, -0.05) is 0 Å². The lowest BCUT2D eigenvalue weighted by atomic mass is 10.2. The largest absolute Gasteiger partial charge is 0.480 e. The molecule has 1 aliphatic heterocycles. The van der Waals surface area contributed by atoms with Crippen LogP contribution in [0, 0.1) is 0 Å². The molecule has 0 bridgehead atoms. The summed E-state index contributed by atoms with van der Waals surface area (Å²) in [6, 6.07) is -1.29. The van der Waals surface area contributed by atoms with Crippen molar-refractivity contribution in [3.8, 4) is 0 Å². The van der Waals surface area contributed by atoms with Crippen molar-refractivity contribution in [2.75, 3.05) is 23.6 Å². The number of carboxylic acids is 1. The van der Waals surface area contributed by atoms with Gasteiger partial charge >= 0.3 is 5.97 Å². The van der Waals surface area contributed by atoms with Crippen LogP contribution >= 0.6 is 23.5 Å². The second-order valence-electron chi connectivity index (χ2n) is 3.55. The van der Waals surface area contributed by atoms with Crippen LogP contribution in [0.2, 0.25) is 0 Å². The molecule has 0 aromatic rings. The second kappa shape index (κ2) is 6.36. The van der Waals surface area contributed by atoms with Crippen molar-refractivity contribution in [3.05, 3.63) is 0 Å². The molecule has 1 aliphatic rings. The maximum Gasteiger partial charge on any atom is 0.327 e. The van der Waals surface area contributed by atoms with Crippen molar-refractivity contribution in [1.82, 2.24) is 4.90 Å². The minimum atomic E-state index is -0.949. The molecule has 1 saturated heterocycles. The van der Waals surface area contributed by atoms with Crippen molar-refractivity contribution in [1.29, 1.82) is 0 Å². The first kappa shape index (κ1) is 13.7. The highest BCUT2D eigenvalue weighted by molar-refractivity contribution is 7.99. The van der Waals surface area contributed by atoms with Crippen molar-refractivity contribution >= 4 is 35.4 Å². The summed E-state index contributed by atoms with van der Waals surface area (Å²) in [5, 5.41) is 8.94. The highest BCUT2D eigenvalue weighted by atomic mass is 32.2. The second-order valence-corrected chi connectivity index (χ2v) is 5.54. The van der Waals surface area contributed by atoms with Crippen LogP contribution in [0.4, 0.5) is 0 Å². The Hall–Kier alpha value is -0.400. The lowest BCUT2D eigenvalue weighted by Gasteiger charge is -2.23. The van der Waals surface area contributed by atoms with E-state index < -0.39 is 18.1 Å². The molecule has 1 amide bonds. The van der Waals surface area contributed by atoms with E-state index in [2.05, 4.69) is 0 Å². The number of carboxylic acid groups (broad SMARTS) is 1. The maximum absolute atomic E-state index is 11.9. The number of hydrogen-bond acceptors (Lipinski definition) is 5. The Morgan fingerprint density at radius 3 is 2.94 bits per heavy atom. The average molecular weight is 264 g/mol. The standard InChI is InChI=1S/C9H16N2O3S2/c1-15-3-2-6(10)8(12)11-5-16-4-7(11)9(13)14/h6-7H,2-5,10H2,1H3,(H,13,14)/t6-,7-/m0/s1. The summed E-state index contributed by atoms with van der Waals surface area (Å²) in [5.74, 6) is 0.506. The van der Waals surface area contributed by atoms with Gasteiger partial charge < -0.3 is 15.7 Å². The van der Waals surface area contributed by atoms with Crippen LogP contribution in [0.5, 0.6) is 0 Å². The summed E-state index contributed by atoms with van der Waals surface area (Å²) < 4.78 is 0. The molecular formula is C9H16N2O3S2. The van der Waals surface area contributed by atoms with E-state index in [4.69, 9.17) is 10.8 Å². The van der Waals surface area contributed by atoms with Gasteiger partial charge in [-0.25, -0.2) is 4.79 Å². The molecule has 3 N–H and O–H groups in total. The number of carbonyl (C=O) groups excluding carboxylic acids is 1. The normalized spacial score (nSPS) is 22.1. The molecule has 1 heterocycles. The zero-order chi connectivity index (χ0) is 12.1. The van der Waals surface area contributed by atoms with Gasteiger partial charge in [0.1, 0.15) is 6.04 Å². The molecule has 0 aromatic carbocycles. The van der Waals surface area contributed by atoms with Gasteiger partial charge in [-0.3, -0.25) is 4.79 Å². The van der Waals surface area contributed by atoms with Gasteiger partial charge in [-0.05, 0) is 18.4 Å². The van der Waals surface area contributed by atoms with Gasteiger partial charge in [0, 0.05) is 5.75 Å². The third kappa shape index (κ3) is 3.29. The number of nitrogens with two attached hydrogens (primary N) is 1. The first-order valence-corrected chi connectivity index (χ1v) is 7.48. The number of nitrogens with zero attached hydrogens (tertiary/aromatic N) is 1. The average Bonchev–Trinajstić information content (AvgIpc) is 2.73. The molecule has 7 heteroatoms. The molecule has 16 heavy (non-hydrogen) atoms. The van der Waals surface area contributed by atoms with Crippen molar-refractivity contribution in [3.63, 3.8) is 0 Å². The van der Waals surface area contributed by atoms with Gasteiger partial charge in [0.2, 0.25) is 5.91 Å². The molecule has 2 atom stereocenters. The minimum absolute atomic E-state index is 0.244. The van der Waals surface area contributed by atoms with E-state index in [9.17, 15) is 9.59 Å². The van der Waals surface area contributed by atoms with E-state index in [0.717, 1.165) is 5.75 Å². The number of aliphatic carboxylic acids is 1. The van der Waals surface area contributed by atoms with E-state index in [-0.39, 0.29) is 5.91 Å². The fourth-order valence-corrected chi connectivity index (χ4v) is 3.09. The number of carbonyl (C=O) groups is 2. The Labute approximate surface area is 103 Å². The predicted octanol–water partition coefficient (Wildman–Crippen LogP) is 0.0529. The lowest BCUT2D eigenvalue weighted by Crippen LogP contribution is -2.49. The molecule has 0 radical (unpaired) electrons. The predicted molar refractivity (Wildman–Crippen MR) is 66.6 cm³/mol. The Morgan fingerprint density at radius 2 is 2.38 bits per heavy atom. The Bertz CT molecular complexity index is 275. The Morgan fingerprint density at radius 1 is 1.69 bits per heavy atom. The number of amides is 1. The minimum Gasteiger partial charge on any atom is -0.480 e. The molecule has 0 unspecified atom stereocenters. The van der Waals surface area contributed by atoms with E-state index in [0.29, 0.717) is 18.1 Å². The van der Waals surface area contributed by atoms with E-state index >= 15 is 0 Å². The van der Waals surface area contributed by atoms with Gasteiger partial charge in [-0.2, -0.15) is 11.8 Å². The summed E-state index contributed by atoms with van der Waals surface area (Å²) in [6.07, 6.45) is 2.54. The molecule has 1 fully saturated rings. The van der Waals surface area contributed by atoms with E-state index in [1.165, 1.54) is 16.7 Å². The third-order valence-electron chi connectivity index (χ3n) is 2.40. The van der Waals surface area contributed by atoms with E-state index in [1.54, 1.807) is 11.8 Å². The molecule has 0 saturated carbocycles. The number of hydrogen-bond donors (Lipinski definition) is 2. The molecule has 0 aliphatic carbocycles. The van der Waals surface area contributed by atoms with Gasteiger partial charge in [0.15, 0.2) is 0 Å². The summed E-state index contributed by atoms with van der Waals surface area (Å²) in [6.45, 7) is 0. The fourth-order valence-electron chi connectivity index (χ4n) is 1.45. The summed E-state index contributed by atoms with van der Waals surface area (Å²) in [7, 11) is 0. The van der Waals surface area contributed by atoms with Gasteiger partial charge in [-0.15, -0.1) is 11.8 Å². The maximum atomic E-state index is 11.9. The molecule has 0 aromatic heterocycles. The molecular weight excluding hydrogens is 248 g/mol. The van der Waals surface area contributed by atoms with Crippen LogP contribution in [-0.4, -0.2) is 57.6 Å². The lowest BCUT2D eigenvalue weighted by molar-refractivity contribution is -0.148. The zero-order valence-corrected chi connectivity index (χ0v) is 10.7. The summed E-state index contributed by atoms with van der Waals surface area (Å²) in [4.78, 5) is 24.2. The molecule has 0 spiro atoms. The first-order chi connectivity index (χ1) is 7.57. The summed E-state index contributed by atoms with van der Waals surface area (Å²) >= 11 is 3.08. The number of thioether (sulfide) groups is 2. The highest BCUT2D eigenvalue weighted by Gasteiger charge is 2.36. The van der Waals surface area contributed by atoms with Crippen molar-refractivity contribution in [2.45, 2.75) is 18.5 Å². The SMILES string of the molecule is CSCC[C@H](N)C(=O)N1CSC[C@H]1C(=O)O. The van der Waals surface area contributed by atoms with Crippen molar-refractivity contribution < 1.29 is 14.7 Å². The molecule has 1 rings (SSSR count). The van der Waals surface area contributed by atoms with Crippen LogP contribution in [0.1, 0.15) is 6.42 Å². The van der Waals surface area contributed by atoms with Gasteiger partial charge in [0.25, 0.3) is 0 Å². The fraction of sp³-hybridized carbons (Fsp3) is 0.778. The smallest absolute Gasteiger partial charge is 0.327 e. The van der Waals surface area contributed by atoms with E-state index in [1.807, 2.05) is 6.26 Å². The van der Waals surface area contributed by atoms with Crippen LogP contribution in [0.25, 0.3) is 0 Å². The molecule has 5 nitrogen and oxygen atoms in total. The summed E-state index contributed by atoms with van der Waals surface area (Å²) in [5.41, 5.74) is 5.74. The van der Waals surface area contributed by atoms with Crippen LogP contribution in [-0.2, 0) is 9.59 Å². The Balaban J connectivity index is 2.55.